The largest absolute Gasteiger partial charge is 0.393 e. The first-order valence-electron chi connectivity index (χ1n) is 7.66. The van der Waals surface area contributed by atoms with Crippen molar-refractivity contribution in [3.63, 3.8) is 0 Å². The van der Waals surface area contributed by atoms with Gasteiger partial charge >= 0.3 is 0 Å². The van der Waals surface area contributed by atoms with Gasteiger partial charge in [0, 0.05) is 25.2 Å². The molecule has 5 heteroatoms. The van der Waals surface area contributed by atoms with E-state index >= 15 is 0 Å². The van der Waals surface area contributed by atoms with Crippen molar-refractivity contribution in [3.05, 3.63) is 23.8 Å². The minimum Gasteiger partial charge on any atom is -0.393 e. The Bertz CT molecular complexity index is 477. The third kappa shape index (κ3) is 6.35. The van der Waals surface area contributed by atoms with Crippen LogP contribution < -0.4 is 5.32 Å². The topological polar surface area (TPSA) is 83.5 Å². The highest BCUT2D eigenvalue weighted by atomic mass is 16.3. The second-order valence-corrected chi connectivity index (χ2v) is 6.00. The highest BCUT2D eigenvalue weighted by Gasteiger charge is 2.27. The predicted molar refractivity (Wildman–Crippen MR) is 83.9 cm³/mol. The summed E-state index contributed by atoms with van der Waals surface area (Å²) in [6.45, 7) is 5.64. The molecule has 1 aliphatic rings. The lowest BCUT2D eigenvalue weighted by molar-refractivity contribution is -0.135. The summed E-state index contributed by atoms with van der Waals surface area (Å²) in [5.41, 5.74) is 1.01. The van der Waals surface area contributed by atoms with E-state index in [9.17, 15) is 19.5 Å². The first kappa shape index (κ1) is 18.3. The van der Waals surface area contributed by atoms with Gasteiger partial charge in [0.15, 0.2) is 0 Å². The molecule has 0 spiro atoms. The number of amides is 2. The number of carbonyl (C=O) groups is 3. The van der Waals surface area contributed by atoms with Crippen LogP contribution in [0.4, 0.5) is 0 Å². The van der Waals surface area contributed by atoms with E-state index < -0.39 is 6.10 Å². The van der Waals surface area contributed by atoms with Crippen LogP contribution in [0.2, 0.25) is 0 Å². The van der Waals surface area contributed by atoms with Crippen molar-refractivity contribution in [3.8, 4) is 0 Å². The Morgan fingerprint density at radius 2 is 1.95 bits per heavy atom. The molecule has 122 valence electrons. The van der Waals surface area contributed by atoms with E-state index in [1.807, 2.05) is 32.1 Å². The number of imide groups is 1. The number of rotatable bonds is 7. The molecule has 1 aliphatic heterocycles. The number of Topliss-reactive ketones (excluding diaryl/α,β-unsaturated/α-hetero) is 1. The number of aliphatic hydroxyl groups is 1. The number of nitrogens with one attached hydrogen (secondary N) is 1. The van der Waals surface area contributed by atoms with Crippen LogP contribution >= 0.6 is 0 Å². The molecule has 0 aromatic rings. The van der Waals surface area contributed by atoms with Crippen molar-refractivity contribution >= 4 is 17.6 Å². The number of carbonyl (C=O) groups excluding carboxylic acids is 3. The maximum atomic E-state index is 12.1. The van der Waals surface area contributed by atoms with Gasteiger partial charge in [-0.3, -0.25) is 19.7 Å². The summed E-state index contributed by atoms with van der Waals surface area (Å²) in [6.07, 6.45) is 5.69. The van der Waals surface area contributed by atoms with Crippen LogP contribution in [0.1, 0.15) is 46.5 Å². The van der Waals surface area contributed by atoms with E-state index in [2.05, 4.69) is 5.32 Å². The van der Waals surface area contributed by atoms with Crippen LogP contribution in [0, 0.1) is 11.8 Å². The molecule has 1 fully saturated rings. The molecule has 1 rings (SSSR count). The molecule has 2 atom stereocenters. The molecule has 2 N–H and O–H groups in total. The van der Waals surface area contributed by atoms with Gasteiger partial charge in [0.05, 0.1) is 6.10 Å². The highest BCUT2D eigenvalue weighted by Crippen LogP contribution is 2.21. The van der Waals surface area contributed by atoms with Crippen molar-refractivity contribution in [2.75, 3.05) is 0 Å². The van der Waals surface area contributed by atoms with Gasteiger partial charge in [0.25, 0.3) is 0 Å². The summed E-state index contributed by atoms with van der Waals surface area (Å²) in [5.74, 6) is -1.10. The summed E-state index contributed by atoms with van der Waals surface area (Å²) < 4.78 is 0. The molecular weight excluding hydrogens is 282 g/mol. The molecule has 0 radical (unpaired) electrons. The summed E-state index contributed by atoms with van der Waals surface area (Å²) in [5, 5.41) is 12.3. The Hall–Kier alpha value is -1.75. The van der Waals surface area contributed by atoms with E-state index in [1.165, 1.54) is 0 Å². The first-order chi connectivity index (χ1) is 10.3. The number of ketones is 1. The van der Waals surface area contributed by atoms with Crippen molar-refractivity contribution in [2.24, 2.45) is 11.8 Å². The highest BCUT2D eigenvalue weighted by molar-refractivity contribution is 5.97. The fourth-order valence-electron chi connectivity index (χ4n) is 2.71. The molecule has 22 heavy (non-hydrogen) atoms. The van der Waals surface area contributed by atoms with Crippen LogP contribution in [-0.4, -0.2) is 28.8 Å². The lowest BCUT2D eigenvalue weighted by Gasteiger charge is -2.23. The van der Waals surface area contributed by atoms with Gasteiger partial charge in [-0.25, -0.2) is 0 Å². The molecule has 0 saturated carbocycles. The zero-order valence-electron chi connectivity index (χ0n) is 13.5. The Morgan fingerprint density at radius 3 is 2.50 bits per heavy atom. The van der Waals surface area contributed by atoms with E-state index in [0.717, 1.165) is 5.57 Å². The number of allylic oxidation sites excluding steroid dienone is 4. The Labute approximate surface area is 131 Å². The fraction of sp³-hybridized carbons (Fsp3) is 0.588. The molecule has 0 aromatic carbocycles. The Balaban J connectivity index is 2.48. The lowest BCUT2D eigenvalue weighted by atomic mass is 9.88. The van der Waals surface area contributed by atoms with Crippen molar-refractivity contribution in [2.45, 2.75) is 52.6 Å². The molecule has 0 aliphatic carbocycles. The molecule has 1 heterocycles. The van der Waals surface area contributed by atoms with Gasteiger partial charge < -0.3 is 5.11 Å². The standard InChI is InChI=1S/C17H25NO4/c1-4-5-11(2)6-12(3)15(20)10-14(19)7-13-8-16(21)18-17(22)9-13/h4-6,12-14,19H,7-10H2,1-3H3,(H,18,21,22)/b5-4+,11-6+/t12-,14+/m1/s1. The van der Waals surface area contributed by atoms with Crippen LogP contribution in [0.5, 0.6) is 0 Å². The number of aliphatic hydroxyl groups excluding tert-OH is 1. The predicted octanol–water partition coefficient (Wildman–Crippen LogP) is 1.91. The minimum atomic E-state index is -0.811. The minimum absolute atomic E-state index is 0.0389. The monoisotopic (exact) mass is 307 g/mol. The zero-order valence-corrected chi connectivity index (χ0v) is 13.5. The summed E-state index contributed by atoms with van der Waals surface area (Å²) in [7, 11) is 0. The van der Waals surface area contributed by atoms with Gasteiger partial charge in [-0.05, 0) is 26.2 Å². The van der Waals surface area contributed by atoms with Crippen molar-refractivity contribution in [1.29, 1.82) is 0 Å². The van der Waals surface area contributed by atoms with Crippen LogP contribution in [-0.2, 0) is 14.4 Å². The second-order valence-electron chi connectivity index (χ2n) is 6.00. The third-order valence-electron chi connectivity index (χ3n) is 3.72. The van der Waals surface area contributed by atoms with Gasteiger partial charge in [-0.2, -0.15) is 0 Å². The number of piperidine rings is 1. The molecule has 5 nitrogen and oxygen atoms in total. The maximum absolute atomic E-state index is 12.1. The Kier molecular flexibility index (Phi) is 7.18. The fourth-order valence-corrected chi connectivity index (χ4v) is 2.71. The maximum Gasteiger partial charge on any atom is 0.226 e. The molecule has 0 unspecified atom stereocenters. The average molecular weight is 307 g/mol. The average Bonchev–Trinajstić information content (AvgIpc) is 2.36. The van der Waals surface area contributed by atoms with Crippen LogP contribution in [0.3, 0.4) is 0 Å². The second kappa shape index (κ2) is 8.63. The smallest absolute Gasteiger partial charge is 0.226 e. The lowest BCUT2D eigenvalue weighted by Crippen LogP contribution is -2.39. The molecule has 0 bridgehead atoms. The van der Waals surface area contributed by atoms with Crippen LogP contribution in [0.15, 0.2) is 23.8 Å². The summed E-state index contributed by atoms with van der Waals surface area (Å²) >= 11 is 0. The summed E-state index contributed by atoms with van der Waals surface area (Å²) in [6, 6.07) is 0. The first-order valence-corrected chi connectivity index (χ1v) is 7.66. The van der Waals surface area contributed by atoms with Crippen molar-refractivity contribution in [1.82, 2.24) is 5.32 Å². The summed E-state index contributed by atoms with van der Waals surface area (Å²) in [4.78, 5) is 34.7. The quantitative estimate of drug-likeness (QED) is 0.556. The van der Waals surface area contributed by atoms with Gasteiger partial charge in [0.1, 0.15) is 5.78 Å². The SMILES string of the molecule is C/C=C/C(C)=C/[C@@H](C)C(=O)C[C@@H](O)CC1CC(=O)NC(=O)C1. The zero-order chi connectivity index (χ0) is 16.7. The molecular formula is C17H25NO4. The molecule has 1 saturated heterocycles. The van der Waals surface area contributed by atoms with Gasteiger partial charge in [0.2, 0.25) is 11.8 Å². The van der Waals surface area contributed by atoms with E-state index in [4.69, 9.17) is 0 Å². The normalized spacial score (nSPS) is 20.1. The number of hydrogen-bond donors (Lipinski definition) is 2. The van der Waals surface area contributed by atoms with E-state index in [1.54, 1.807) is 6.92 Å². The van der Waals surface area contributed by atoms with Gasteiger partial charge in [-0.15, -0.1) is 0 Å². The molecule has 2 amide bonds. The van der Waals surface area contributed by atoms with Crippen molar-refractivity contribution < 1.29 is 19.5 Å². The Morgan fingerprint density at radius 1 is 1.36 bits per heavy atom. The van der Waals surface area contributed by atoms with Crippen LogP contribution in [0.25, 0.3) is 0 Å². The molecule has 0 aromatic heterocycles. The number of hydrogen-bond acceptors (Lipinski definition) is 4. The van der Waals surface area contributed by atoms with E-state index in [0.29, 0.717) is 6.42 Å². The van der Waals surface area contributed by atoms with Gasteiger partial charge in [-0.1, -0.05) is 30.7 Å². The third-order valence-corrected chi connectivity index (χ3v) is 3.72. The van der Waals surface area contributed by atoms with E-state index in [-0.39, 0.29) is 48.7 Å².